The molecule has 0 spiro atoms. The van der Waals surface area contributed by atoms with Crippen LogP contribution >= 0.6 is 0 Å². The maximum atomic E-state index is 13.1. The van der Waals surface area contributed by atoms with E-state index in [0.717, 1.165) is 0 Å². The van der Waals surface area contributed by atoms with Crippen molar-refractivity contribution in [3.05, 3.63) is 0 Å². The molecule has 0 radical (unpaired) electrons. The second-order valence-electron chi connectivity index (χ2n) is 9.52. The largest absolute Gasteiger partial charge is 0.480 e. The van der Waals surface area contributed by atoms with Crippen LogP contribution in [0.15, 0.2) is 0 Å². The second-order valence-corrected chi connectivity index (χ2v) is 9.52. The van der Waals surface area contributed by atoms with Crippen molar-refractivity contribution in [3.63, 3.8) is 0 Å². The Morgan fingerprint density at radius 3 is 2.06 bits per heavy atom. The van der Waals surface area contributed by atoms with Crippen LogP contribution in [0, 0.1) is 11.8 Å². The zero-order chi connectivity index (χ0) is 25.3. The predicted octanol–water partition coefficient (Wildman–Crippen LogP) is -0.283. The van der Waals surface area contributed by atoms with Crippen molar-refractivity contribution in [2.45, 2.75) is 90.4 Å². The van der Waals surface area contributed by atoms with Crippen LogP contribution in [0.3, 0.4) is 0 Å². The maximum Gasteiger partial charge on any atom is 0.326 e. The van der Waals surface area contributed by atoms with E-state index in [-0.39, 0.29) is 31.2 Å². The number of nitrogens with zero attached hydrogens (tertiary/aromatic N) is 1. The van der Waals surface area contributed by atoms with Gasteiger partial charge >= 0.3 is 5.97 Å². The van der Waals surface area contributed by atoms with Gasteiger partial charge in [-0.1, -0.05) is 27.7 Å². The smallest absolute Gasteiger partial charge is 0.326 e. The fraction of sp³-hybridized carbons (Fsp3) is 0.773. The molecule has 11 heteroatoms. The first-order chi connectivity index (χ1) is 15.3. The number of amides is 4. The number of aliphatic carboxylic acids is 1. The second kappa shape index (κ2) is 13.1. The Balaban J connectivity index is 3.01. The minimum Gasteiger partial charge on any atom is -0.480 e. The summed E-state index contributed by atoms with van der Waals surface area (Å²) in [6.07, 6.45) is 1.37. The van der Waals surface area contributed by atoms with Gasteiger partial charge in [0.1, 0.15) is 18.1 Å². The third kappa shape index (κ3) is 9.37. The summed E-state index contributed by atoms with van der Waals surface area (Å²) in [4.78, 5) is 62.7. The molecule has 1 heterocycles. The molecule has 4 amide bonds. The third-order valence-electron chi connectivity index (χ3n) is 5.52. The summed E-state index contributed by atoms with van der Waals surface area (Å²) in [5.41, 5.74) is 11.2. The van der Waals surface area contributed by atoms with Gasteiger partial charge in [-0.3, -0.25) is 19.2 Å². The van der Waals surface area contributed by atoms with Gasteiger partial charge in [-0.25, -0.2) is 4.79 Å². The van der Waals surface area contributed by atoms with E-state index in [2.05, 4.69) is 10.6 Å². The Bertz CT molecular complexity index is 726. The number of nitrogens with two attached hydrogens (primary N) is 2. The molecule has 7 N–H and O–H groups in total. The molecule has 1 aliphatic heterocycles. The van der Waals surface area contributed by atoms with E-state index in [1.165, 1.54) is 4.90 Å². The van der Waals surface area contributed by atoms with Crippen LogP contribution in [-0.2, 0) is 24.0 Å². The molecule has 1 fully saturated rings. The van der Waals surface area contributed by atoms with Gasteiger partial charge in [0.25, 0.3) is 0 Å². The van der Waals surface area contributed by atoms with Gasteiger partial charge in [0, 0.05) is 13.0 Å². The van der Waals surface area contributed by atoms with Crippen molar-refractivity contribution in [1.82, 2.24) is 15.5 Å². The van der Waals surface area contributed by atoms with Crippen molar-refractivity contribution in [3.8, 4) is 0 Å². The topological polar surface area (TPSA) is 185 Å². The molecular weight excluding hydrogens is 430 g/mol. The summed E-state index contributed by atoms with van der Waals surface area (Å²) < 4.78 is 0. The van der Waals surface area contributed by atoms with E-state index in [1.807, 2.05) is 27.7 Å². The standard InChI is InChI=1S/C22H39N5O6/c1-12(2)10-14(23)19(29)26-16(11-13(3)4)20(30)25-15(7-8-18(24)28)21(31)27-9-5-6-17(27)22(32)33/h12-17H,5-11,23H2,1-4H3,(H2,24,28)(H,25,30)(H,26,29)(H,32,33). The van der Waals surface area contributed by atoms with E-state index in [1.54, 1.807) is 0 Å². The lowest BCUT2D eigenvalue weighted by atomic mass is 10.00. The fourth-order valence-corrected chi connectivity index (χ4v) is 3.90. The third-order valence-corrected chi connectivity index (χ3v) is 5.52. The molecular formula is C22H39N5O6. The summed E-state index contributed by atoms with van der Waals surface area (Å²) >= 11 is 0. The molecule has 0 saturated carbocycles. The highest BCUT2D eigenvalue weighted by Gasteiger charge is 2.38. The van der Waals surface area contributed by atoms with Crippen LogP contribution in [0.1, 0.15) is 66.2 Å². The molecule has 1 rings (SSSR count). The van der Waals surface area contributed by atoms with Gasteiger partial charge in [-0.05, 0) is 43.9 Å². The first-order valence-corrected chi connectivity index (χ1v) is 11.5. The minimum absolute atomic E-state index is 0.0529. The number of likely N-dealkylation sites (tertiary alicyclic amines) is 1. The molecule has 4 unspecified atom stereocenters. The number of hydrogen-bond donors (Lipinski definition) is 5. The summed E-state index contributed by atoms with van der Waals surface area (Å²) in [5, 5.41) is 14.7. The Morgan fingerprint density at radius 2 is 1.55 bits per heavy atom. The van der Waals surface area contributed by atoms with Gasteiger partial charge in [0.05, 0.1) is 6.04 Å². The molecule has 0 aliphatic carbocycles. The van der Waals surface area contributed by atoms with E-state index in [9.17, 15) is 29.1 Å². The number of carbonyl (C=O) groups excluding carboxylic acids is 4. The summed E-state index contributed by atoms with van der Waals surface area (Å²) in [7, 11) is 0. The molecule has 0 aromatic carbocycles. The lowest BCUT2D eigenvalue weighted by Gasteiger charge is -2.29. The van der Waals surface area contributed by atoms with Crippen molar-refractivity contribution in [2.24, 2.45) is 23.3 Å². The Labute approximate surface area is 195 Å². The maximum absolute atomic E-state index is 13.1. The van der Waals surface area contributed by atoms with Crippen LogP contribution in [0.5, 0.6) is 0 Å². The average molecular weight is 470 g/mol. The first-order valence-electron chi connectivity index (χ1n) is 11.5. The molecule has 0 aromatic rings. The molecule has 0 aromatic heterocycles. The summed E-state index contributed by atoms with van der Waals surface area (Å²) in [6, 6.07) is -3.83. The number of nitrogens with one attached hydrogen (secondary N) is 2. The lowest BCUT2D eigenvalue weighted by Crippen LogP contribution is -2.57. The number of carbonyl (C=O) groups is 5. The van der Waals surface area contributed by atoms with Crippen molar-refractivity contribution in [2.75, 3.05) is 6.54 Å². The van der Waals surface area contributed by atoms with Crippen molar-refractivity contribution < 1.29 is 29.1 Å². The number of hydrogen-bond acceptors (Lipinski definition) is 6. The Kier molecular flexibility index (Phi) is 11.3. The van der Waals surface area contributed by atoms with E-state index in [0.29, 0.717) is 25.7 Å². The van der Waals surface area contributed by atoms with Crippen molar-refractivity contribution in [1.29, 1.82) is 0 Å². The number of rotatable bonds is 13. The van der Waals surface area contributed by atoms with E-state index < -0.39 is 53.8 Å². The highest BCUT2D eigenvalue weighted by Crippen LogP contribution is 2.20. The monoisotopic (exact) mass is 469 g/mol. The molecule has 1 saturated heterocycles. The SMILES string of the molecule is CC(C)CC(N)C(=O)NC(CC(C)C)C(=O)NC(CCC(N)=O)C(=O)N1CCCC1C(=O)O. The van der Waals surface area contributed by atoms with Gasteiger partial charge in [-0.15, -0.1) is 0 Å². The highest BCUT2D eigenvalue weighted by atomic mass is 16.4. The van der Waals surface area contributed by atoms with Gasteiger partial charge < -0.3 is 32.1 Å². The molecule has 188 valence electrons. The van der Waals surface area contributed by atoms with Gasteiger partial charge in [-0.2, -0.15) is 0 Å². The van der Waals surface area contributed by atoms with E-state index in [4.69, 9.17) is 11.5 Å². The van der Waals surface area contributed by atoms with Crippen LogP contribution in [0.2, 0.25) is 0 Å². The summed E-state index contributed by atoms with van der Waals surface area (Å²) in [5.74, 6) is -3.16. The molecule has 33 heavy (non-hydrogen) atoms. The van der Waals surface area contributed by atoms with Gasteiger partial charge in [0.15, 0.2) is 0 Å². The quantitative estimate of drug-likeness (QED) is 0.245. The van der Waals surface area contributed by atoms with Gasteiger partial charge in [0.2, 0.25) is 23.6 Å². The first kappa shape index (κ1) is 28.3. The lowest BCUT2D eigenvalue weighted by molar-refractivity contribution is -0.149. The average Bonchev–Trinajstić information content (AvgIpc) is 3.19. The highest BCUT2D eigenvalue weighted by molar-refractivity contribution is 5.94. The van der Waals surface area contributed by atoms with Crippen LogP contribution in [-0.4, -0.2) is 70.3 Å². The van der Waals surface area contributed by atoms with E-state index >= 15 is 0 Å². The minimum atomic E-state index is -1.14. The van der Waals surface area contributed by atoms with Crippen LogP contribution in [0.25, 0.3) is 0 Å². The number of primary amides is 1. The zero-order valence-corrected chi connectivity index (χ0v) is 20.0. The van der Waals surface area contributed by atoms with Crippen LogP contribution < -0.4 is 22.1 Å². The molecule has 0 bridgehead atoms. The Morgan fingerprint density at radius 1 is 0.970 bits per heavy atom. The number of carboxylic acids is 1. The zero-order valence-electron chi connectivity index (χ0n) is 20.0. The number of carboxylic acid groups (broad SMARTS) is 1. The summed E-state index contributed by atoms with van der Waals surface area (Å²) in [6.45, 7) is 7.89. The van der Waals surface area contributed by atoms with Crippen molar-refractivity contribution >= 4 is 29.6 Å². The molecule has 4 atom stereocenters. The Hall–Kier alpha value is -2.69. The molecule has 1 aliphatic rings. The predicted molar refractivity (Wildman–Crippen MR) is 122 cm³/mol. The fourth-order valence-electron chi connectivity index (χ4n) is 3.90. The van der Waals surface area contributed by atoms with Crippen LogP contribution in [0.4, 0.5) is 0 Å². The molecule has 11 nitrogen and oxygen atoms in total. The normalized spacial score (nSPS) is 18.6.